The Labute approximate surface area is 206 Å². The second kappa shape index (κ2) is 11.3. The van der Waals surface area contributed by atoms with Gasteiger partial charge in [0.1, 0.15) is 0 Å². The Morgan fingerprint density at radius 3 is 2.48 bits per heavy atom. The fraction of sp³-hybridized carbons (Fsp3) is 0.462. The highest BCUT2D eigenvalue weighted by Gasteiger charge is 2.23. The minimum Gasteiger partial charge on any atom is -0.469 e. The SMILES string of the molecule is COC(=O)CCc1c(C)[nH]c(/C=C2\N=C(Cc3[nH]cc(C)c3CCCl)C(C)=C2CCCl)c1C. The number of rotatable bonds is 10. The van der Waals surface area contributed by atoms with Gasteiger partial charge in [0.2, 0.25) is 0 Å². The van der Waals surface area contributed by atoms with Crippen LogP contribution in [0.2, 0.25) is 0 Å². The van der Waals surface area contributed by atoms with Crippen molar-refractivity contribution < 1.29 is 9.53 Å². The number of aliphatic imine (C=N–C) groups is 1. The van der Waals surface area contributed by atoms with Crippen molar-refractivity contribution >= 4 is 41.0 Å². The van der Waals surface area contributed by atoms with Crippen LogP contribution in [0.5, 0.6) is 0 Å². The molecule has 0 saturated carbocycles. The number of hydrogen-bond acceptors (Lipinski definition) is 3. The molecule has 2 aromatic rings. The summed E-state index contributed by atoms with van der Waals surface area (Å²) in [5.41, 5.74) is 12.5. The summed E-state index contributed by atoms with van der Waals surface area (Å²) in [5.74, 6) is 0.939. The minimum atomic E-state index is -0.198. The summed E-state index contributed by atoms with van der Waals surface area (Å²) in [6.07, 6.45) is 7.52. The molecule has 0 radical (unpaired) electrons. The number of halogens is 2. The fourth-order valence-corrected chi connectivity index (χ4v) is 4.92. The number of esters is 1. The van der Waals surface area contributed by atoms with Gasteiger partial charge in [-0.05, 0) is 86.4 Å². The molecule has 0 atom stereocenters. The van der Waals surface area contributed by atoms with Gasteiger partial charge in [-0.25, -0.2) is 0 Å². The van der Waals surface area contributed by atoms with Crippen LogP contribution in [0.1, 0.15) is 59.1 Å². The number of alkyl halides is 2. The number of carbonyl (C=O) groups excluding carboxylic acids is 1. The molecule has 0 bridgehead atoms. The van der Waals surface area contributed by atoms with Crippen LogP contribution in [0.3, 0.4) is 0 Å². The Hall–Kier alpha value is -2.24. The number of allylic oxidation sites excluding steroid dienone is 2. The summed E-state index contributed by atoms with van der Waals surface area (Å²) in [5, 5.41) is 0. The topological polar surface area (TPSA) is 70.2 Å². The lowest BCUT2D eigenvalue weighted by molar-refractivity contribution is -0.140. The first-order valence-electron chi connectivity index (χ1n) is 11.3. The summed E-state index contributed by atoms with van der Waals surface area (Å²) in [6.45, 7) is 8.37. The molecule has 33 heavy (non-hydrogen) atoms. The highest BCUT2D eigenvalue weighted by Crippen LogP contribution is 2.33. The first-order valence-corrected chi connectivity index (χ1v) is 12.4. The third-order valence-electron chi connectivity index (χ3n) is 6.51. The van der Waals surface area contributed by atoms with Crippen molar-refractivity contribution in [1.29, 1.82) is 0 Å². The first kappa shape index (κ1) is 25.4. The summed E-state index contributed by atoms with van der Waals surface area (Å²) in [4.78, 5) is 23.5. The van der Waals surface area contributed by atoms with Gasteiger partial charge in [-0.3, -0.25) is 9.79 Å². The molecule has 1 aliphatic heterocycles. The van der Waals surface area contributed by atoms with Crippen LogP contribution in [0.15, 0.2) is 28.0 Å². The van der Waals surface area contributed by atoms with E-state index in [-0.39, 0.29) is 5.97 Å². The summed E-state index contributed by atoms with van der Waals surface area (Å²) in [6, 6.07) is 0. The standard InChI is InChI=1S/C26H33Cl2N3O2/c1-15-14-29-24(19(15)8-10-27)12-23-17(3)21(9-11-28)25(31-23)13-22-16(2)20(18(4)30-22)6-7-26(32)33-5/h13-14,29-30H,6-12H2,1-5H3/b25-13-. The largest absolute Gasteiger partial charge is 0.469 e. The van der Waals surface area contributed by atoms with Crippen LogP contribution < -0.4 is 0 Å². The minimum absolute atomic E-state index is 0.198. The van der Waals surface area contributed by atoms with E-state index in [0.717, 1.165) is 53.2 Å². The van der Waals surface area contributed by atoms with Crippen molar-refractivity contribution in [3.05, 3.63) is 62.4 Å². The summed E-state index contributed by atoms with van der Waals surface area (Å²) >= 11 is 12.2. The van der Waals surface area contributed by atoms with Gasteiger partial charge >= 0.3 is 5.97 Å². The number of nitrogens with one attached hydrogen (secondary N) is 2. The number of nitrogens with zero attached hydrogens (tertiary/aromatic N) is 1. The molecule has 3 rings (SSSR count). The molecular weight excluding hydrogens is 457 g/mol. The smallest absolute Gasteiger partial charge is 0.305 e. The molecule has 1 aliphatic rings. The zero-order valence-electron chi connectivity index (χ0n) is 20.1. The molecule has 178 valence electrons. The summed E-state index contributed by atoms with van der Waals surface area (Å²) < 4.78 is 4.80. The average molecular weight is 490 g/mol. The van der Waals surface area contributed by atoms with E-state index in [1.165, 1.54) is 35.1 Å². The highest BCUT2D eigenvalue weighted by molar-refractivity contribution is 6.18. The number of aromatic amines is 2. The molecule has 0 fully saturated rings. The molecular formula is C26H33Cl2N3O2. The number of carbonyl (C=O) groups is 1. The van der Waals surface area contributed by atoms with Gasteiger partial charge in [0.15, 0.2) is 0 Å². The van der Waals surface area contributed by atoms with Crippen LogP contribution in [0.25, 0.3) is 6.08 Å². The maximum Gasteiger partial charge on any atom is 0.305 e. The van der Waals surface area contributed by atoms with Crippen molar-refractivity contribution in [3.8, 4) is 0 Å². The quantitative estimate of drug-likeness (QED) is 0.310. The number of aryl methyl sites for hydroxylation is 2. The monoisotopic (exact) mass is 489 g/mol. The Morgan fingerprint density at radius 1 is 1.09 bits per heavy atom. The lowest BCUT2D eigenvalue weighted by Crippen LogP contribution is -2.06. The molecule has 3 heterocycles. The lowest BCUT2D eigenvalue weighted by atomic mass is 9.98. The molecule has 2 N–H and O–H groups in total. The Balaban J connectivity index is 1.94. The Morgan fingerprint density at radius 2 is 1.82 bits per heavy atom. The van der Waals surface area contributed by atoms with Crippen molar-refractivity contribution in [2.75, 3.05) is 18.9 Å². The predicted octanol–water partition coefficient (Wildman–Crippen LogP) is 6.14. The molecule has 7 heteroatoms. The molecule has 2 aromatic heterocycles. The molecule has 0 aromatic carbocycles. The molecule has 5 nitrogen and oxygen atoms in total. The lowest BCUT2D eigenvalue weighted by Gasteiger charge is -2.06. The van der Waals surface area contributed by atoms with Gasteiger partial charge in [-0.1, -0.05) is 0 Å². The van der Waals surface area contributed by atoms with E-state index in [4.69, 9.17) is 32.9 Å². The zero-order valence-corrected chi connectivity index (χ0v) is 21.6. The van der Waals surface area contributed by atoms with Crippen LogP contribution in [0.4, 0.5) is 0 Å². The Bertz CT molecular complexity index is 1120. The van der Waals surface area contributed by atoms with Gasteiger partial charge in [-0.2, -0.15) is 0 Å². The van der Waals surface area contributed by atoms with Crippen molar-refractivity contribution in [3.63, 3.8) is 0 Å². The zero-order chi connectivity index (χ0) is 24.1. The van der Waals surface area contributed by atoms with E-state index in [9.17, 15) is 4.79 Å². The van der Waals surface area contributed by atoms with Crippen LogP contribution in [-0.2, 0) is 28.8 Å². The van der Waals surface area contributed by atoms with E-state index in [2.05, 4.69) is 36.8 Å². The number of ether oxygens (including phenoxy) is 1. The van der Waals surface area contributed by atoms with Crippen LogP contribution in [-0.4, -0.2) is 40.5 Å². The fourth-order valence-electron chi connectivity index (χ4n) is 4.54. The number of H-pyrrole nitrogens is 2. The van der Waals surface area contributed by atoms with Gasteiger partial charge in [0.25, 0.3) is 0 Å². The van der Waals surface area contributed by atoms with Gasteiger partial charge in [0, 0.05) is 47.9 Å². The van der Waals surface area contributed by atoms with E-state index >= 15 is 0 Å². The van der Waals surface area contributed by atoms with Crippen molar-refractivity contribution in [2.24, 2.45) is 4.99 Å². The maximum atomic E-state index is 11.6. The average Bonchev–Trinajstić information content (AvgIpc) is 3.37. The maximum absolute atomic E-state index is 11.6. The van der Waals surface area contributed by atoms with E-state index in [0.29, 0.717) is 24.6 Å². The highest BCUT2D eigenvalue weighted by atomic mass is 35.5. The molecule has 0 saturated heterocycles. The Kier molecular flexibility index (Phi) is 8.66. The van der Waals surface area contributed by atoms with Gasteiger partial charge in [-0.15, -0.1) is 23.2 Å². The van der Waals surface area contributed by atoms with E-state index < -0.39 is 0 Å². The molecule has 0 aliphatic carbocycles. The second-order valence-electron chi connectivity index (χ2n) is 8.52. The first-order chi connectivity index (χ1) is 15.8. The third kappa shape index (κ3) is 5.64. The van der Waals surface area contributed by atoms with E-state index in [1.807, 2.05) is 13.1 Å². The number of methoxy groups -OCH3 is 1. The predicted molar refractivity (Wildman–Crippen MR) is 138 cm³/mol. The van der Waals surface area contributed by atoms with Crippen LogP contribution in [0, 0.1) is 20.8 Å². The van der Waals surface area contributed by atoms with Crippen LogP contribution >= 0.6 is 23.2 Å². The van der Waals surface area contributed by atoms with E-state index in [1.54, 1.807) is 0 Å². The number of hydrogen-bond donors (Lipinski definition) is 2. The number of aromatic nitrogens is 2. The summed E-state index contributed by atoms with van der Waals surface area (Å²) in [7, 11) is 1.42. The van der Waals surface area contributed by atoms with Crippen molar-refractivity contribution in [2.45, 2.75) is 59.8 Å². The second-order valence-corrected chi connectivity index (χ2v) is 9.27. The van der Waals surface area contributed by atoms with Gasteiger partial charge < -0.3 is 14.7 Å². The van der Waals surface area contributed by atoms with Crippen molar-refractivity contribution in [1.82, 2.24) is 9.97 Å². The third-order valence-corrected chi connectivity index (χ3v) is 6.88. The molecule has 0 unspecified atom stereocenters. The normalized spacial score (nSPS) is 15.0. The molecule has 0 spiro atoms. The van der Waals surface area contributed by atoms with Gasteiger partial charge in [0.05, 0.1) is 18.5 Å². The molecule has 0 amide bonds.